The first-order chi connectivity index (χ1) is 52.8. The molecule has 0 unspecified atom stereocenters. The Labute approximate surface area is 642 Å². The molecule has 15 rings (SSSR count). The summed E-state index contributed by atoms with van der Waals surface area (Å²) in [5.41, 5.74) is 38.9. The summed E-state index contributed by atoms with van der Waals surface area (Å²) in [5.74, 6) is 0. The molecule has 0 amide bonds. The Morgan fingerprint density at radius 3 is 0.907 bits per heavy atom. The lowest BCUT2D eigenvalue weighted by molar-refractivity contribution is -0.660. The average molecular weight is 1400 g/mol. The number of nitrogens with zero attached hydrogens (tertiary/aromatic N) is 5. The van der Waals surface area contributed by atoms with Crippen molar-refractivity contribution in [3.8, 4) is 112 Å². The van der Waals surface area contributed by atoms with Crippen molar-refractivity contribution in [1.82, 2.24) is 0 Å². The summed E-state index contributed by atoms with van der Waals surface area (Å²) in [5, 5.41) is 0. The highest BCUT2D eigenvalue weighted by Crippen LogP contribution is 2.35. The maximum Gasteiger partial charge on any atom is 0.212 e. The maximum atomic E-state index is 7.71. The third kappa shape index (κ3) is 18.7. The molecule has 0 radical (unpaired) electrons. The van der Waals surface area contributed by atoms with Gasteiger partial charge in [-0.05, 0) is 237 Å². The van der Waals surface area contributed by atoms with Gasteiger partial charge in [-0.2, -0.15) is 0 Å². The summed E-state index contributed by atoms with van der Waals surface area (Å²) in [6.07, 6.45) is 10.3. The van der Waals surface area contributed by atoms with E-state index in [1.807, 2.05) is 30.7 Å². The molecule has 0 aliphatic rings. The van der Waals surface area contributed by atoms with E-state index in [2.05, 4.69) is 420 Å². The van der Waals surface area contributed by atoms with E-state index in [1.54, 1.807) is 6.20 Å². The fourth-order valence-electron chi connectivity index (χ4n) is 14.0. The van der Waals surface area contributed by atoms with Crippen molar-refractivity contribution in [2.45, 2.75) is 83.0 Å². The van der Waals surface area contributed by atoms with E-state index in [0.717, 1.165) is 16.8 Å². The van der Waals surface area contributed by atoms with Gasteiger partial charge < -0.3 is 0 Å². The van der Waals surface area contributed by atoms with Gasteiger partial charge >= 0.3 is 0 Å². The normalized spacial score (nSPS) is 11.2. The molecule has 0 fully saturated rings. The Balaban J connectivity index is 0.000000137. The van der Waals surface area contributed by atoms with Crippen LogP contribution in [0.5, 0.6) is 0 Å². The molecule has 5 nitrogen and oxygen atoms in total. The van der Waals surface area contributed by atoms with Crippen molar-refractivity contribution in [2.24, 2.45) is 35.2 Å². The lowest BCUT2D eigenvalue weighted by Crippen LogP contribution is -2.31. The quantitative estimate of drug-likeness (QED) is 0.122. The molecule has 15 aromatic rings. The molecule has 5 heteroatoms. The molecule has 0 aliphatic heterocycles. The van der Waals surface area contributed by atoms with Gasteiger partial charge in [-0.3, -0.25) is 0 Å². The van der Waals surface area contributed by atoms with E-state index in [1.165, 1.54) is 156 Å². The standard InChI is InChI=1S/C22H24N.C21H22N.2C20H20N.C19H18N/c1-15-13-22(23(5)14-18(15)4)21-12-16(2)20(11-17(21)3)19-9-7-6-8-10-19;1-15-10-11-19(18-8-6-5-7-9-18)13-20(15)21-12-16(2)17(3)14-22(21)4;1-15-13-16(2)19(20-11-7-8-12-21(20)3)14-18(15)17-9-5-4-6-10-17;1-15-9-12-20(21(3)14-15)19-13-18(11-10-16(19)2)17-7-5-4-6-8-17;1-15-11-12-17(16-8-4-3-5-9-16)14-18(15)19-10-6-7-13-20(19)2/h6-14H,1-5H3;5-14H,1-4H3;2*4-14H,1-3H3;3-14H,1-2H3/q5*+1/i4D3;;;;. The lowest BCUT2D eigenvalue weighted by atomic mass is 9.93. The third-order valence-corrected chi connectivity index (χ3v) is 20.3. The van der Waals surface area contributed by atoms with Crippen LogP contribution < -0.4 is 22.8 Å². The molecule has 0 saturated carbocycles. The minimum absolute atomic E-state index is 0.402. The van der Waals surface area contributed by atoms with E-state index in [4.69, 9.17) is 4.11 Å². The van der Waals surface area contributed by atoms with Crippen molar-refractivity contribution < 1.29 is 26.9 Å². The van der Waals surface area contributed by atoms with Crippen LogP contribution in [-0.2, 0) is 35.2 Å². The zero-order valence-corrected chi connectivity index (χ0v) is 65.3. The van der Waals surface area contributed by atoms with Gasteiger partial charge in [0, 0.05) is 91.1 Å². The summed E-state index contributed by atoms with van der Waals surface area (Å²) < 4.78 is 33.8. The van der Waals surface area contributed by atoms with Gasteiger partial charge in [0.25, 0.3) is 0 Å². The fourth-order valence-corrected chi connectivity index (χ4v) is 14.0. The van der Waals surface area contributed by atoms with Gasteiger partial charge in [0.05, 0.1) is 0 Å². The predicted molar refractivity (Wildman–Crippen MR) is 449 cm³/mol. The molecule has 0 aliphatic carbocycles. The van der Waals surface area contributed by atoms with Crippen LogP contribution in [-0.4, -0.2) is 0 Å². The molecule has 107 heavy (non-hydrogen) atoms. The van der Waals surface area contributed by atoms with Crippen LogP contribution in [0, 0.1) is 83.0 Å². The molecule has 10 aromatic carbocycles. The molecule has 0 bridgehead atoms. The second kappa shape index (κ2) is 35.2. The van der Waals surface area contributed by atoms with E-state index in [0.29, 0.717) is 5.56 Å². The van der Waals surface area contributed by atoms with Gasteiger partial charge in [-0.15, -0.1) is 0 Å². The highest BCUT2D eigenvalue weighted by Gasteiger charge is 2.21. The Bertz CT molecular complexity index is 5690. The zero-order chi connectivity index (χ0) is 78.3. The number of hydrogen-bond acceptors (Lipinski definition) is 0. The van der Waals surface area contributed by atoms with Crippen LogP contribution in [0.4, 0.5) is 0 Å². The lowest BCUT2D eigenvalue weighted by Gasteiger charge is -2.12. The summed E-state index contributed by atoms with van der Waals surface area (Å²) in [6.45, 7) is 21.3. The second-order valence-corrected chi connectivity index (χ2v) is 28.5. The molecule has 0 spiro atoms. The van der Waals surface area contributed by atoms with Crippen LogP contribution in [0.15, 0.2) is 322 Å². The van der Waals surface area contributed by atoms with E-state index in [9.17, 15) is 0 Å². The number of pyridine rings is 5. The summed E-state index contributed by atoms with van der Waals surface area (Å²) in [6, 6.07) is 103. The average Bonchev–Trinajstić information content (AvgIpc) is 0.791. The molecule has 0 N–H and O–H groups in total. The van der Waals surface area contributed by atoms with Crippen LogP contribution in [0.2, 0.25) is 0 Å². The maximum absolute atomic E-state index is 7.71. The van der Waals surface area contributed by atoms with E-state index >= 15 is 0 Å². The molecule has 0 atom stereocenters. The van der Waals surface area contributed by atoms with Crippen LogP contribution >= 0.6 is 0 Å². The third-order valence-electron chi connectivity index (χ3n) is 20.3. The van der Waals surface area contributed by atoms with E-state index < -0.39 is 6.85 Å². The molecule has 5 heterocycles. The van der Waals surface area contributed by atoms with Crippen LogP contribution in [0.3, 0.4) is 0 Å². The minimum atomic E-state index is -2.09. The van der Waals surface area contributed by atoms with Crippen LogP contribution in [0.25, 0.3) is 112 Å². The topological polar surface area (TPSA) is 19.4 Å². The van der Waals surface area contributed by atoms with Gasteiger partial charge in [0.1, 0.15) is 35.2 Å². The largest absolute Gasteiger partial charge is 0.212 e. The number of rotatable bonds is 10. The Morgan fingerprint density at radius 1 is 0.187 bits per heavy atom. The Morgan fingerprint density at radius 2 is 0.495 bits per heavy atom. The predicted octanol–water partition coefficient (Wildman–Crippen LogP) is 22.9. The first kappa shape index (κ1) is 71.9. The Kier molecular flexibility index (Phi) is 23.6. The van der Waals surface area contributed by atoms with Crippen molar-refractivity contribution in [2.75, 3.05) is 0 Å². The minimum Gasteiger partial charge on any atom is -0.201 e. The number of benzene rings is 10. The van der Waals surface area contributed by atoms with E-state index in [-0.39, 0.29) is 0 Å². The van der Waals surface area contributed by atoms with Gasteiger partial charge in [-0.25, -0.2) is 22.8 Å². The molecule has 532 valence electrons. The smallest absolute Gasteiger partial charge is 0.201 e. The molecular weight excluding hydrogens is 1300 g/mol. The van der Waals surface area contributed by atoms with Crippen molar-refractivity contribution in [3.63, 3.8) is 0 Å². The van der Waals surface area contributed by atoms with Gasteiger partial charge in [0.2, 0.25) is 28.5 Å². The van der Waals surface area contributed by atoms with Crippen LogP contribution in [0.1, 0.15) is 70.9 Å². The number of aryl methyl sites for hydroxylation is 17. The summed E-state index contributed by atoms with van der Waals surface area (Å²) in [7, 11) is 10.3. The fraction of sp³-hybridized carbons (Fsp3) is 0.167. The molecule has 5 aromatic heterocycles. The number of hydrogen-bond donors (Lipinski definition) is 0. The number of aromatic nitrogens is 5. The van der Waals surface area contributed by atoms with Crippen molar-refractivity contribution in [3.05, 3.63) is 389 Å². The first-order valence-corrected chi connectivity index (χ1v) is 37.0. The van der Waals surface area contributed by atoms with Crippen molar-refractivity contribution in [1.29, 1.82) is 0 Å². The first-order valence-electron chi connectivity index (χ1n) is 38.5. The second-order valence-electron chi connectivity index (χ2n) is 28.5. The summed E-state index contributed by atoms with van der Waals surface area (Å²) in [4.78, 5) is 0. The Hall–Kier alpha value is -12.1. The van der Waals surface area contributed by atoms with Gasteiger partial charge in [0.15, 0.2) is 31.0 Å². The monoisotopic (exact) mass is 1400 g/mol. The SMILES string of the molecule is Cc1cc(-c2cc(-c3ccccc3)ccc2C)[n+](C)cc1C.Cc1cc(C)c(-c2cccc[n+]2C)cc1-c1ccccc1.Cc1ccc(-c2cc(-c3ccccc3)ccc2C)[n+](C)c1.Cc1ccc(-c2ccccc2)cc1-c1cccc[n+]1C.[2H]C([2H])([2H])c1c[n+](C)c(-c2cc(C)c(-c3ccccc3)cc2C)cc1C. The highest BCUT2D eigenvalue weighted by molar-refractivity contribution is 5.79. The van der Waals surface area contributed by atoms with Crippen molar-refractivity contribution >= 4 is 0 Å². The molecule has 0 saturated heterocycles. The van der Waals surface area contributed by atoms with Gasteiger partial charge in [-0.1, -0.05) is 200 Å². The molecular formula is C102H104N5+5. The highest BCUT2D eigenvalue weighted by atomic mass is 14.9. The summed E-state index contributed by atoms with van der Waals surface area (Å²) >= 11 is 0. The zero-order valence-electron chi connectivity index (χ0n) is 68.3.